The van der Waals surface area contributed by atoms with Crippen LogP contribution in [0.2, 0.25) is 0 Å². The lowest BCUT2D eigenvalue weighted by molar-refractivity contribution is 0.471. The van der Waals surface area contributed by atoms with Gasteiger partial charge in [0.2, 0.25) is 0 Å². The van der Waals surface area contributed by atoms with Gasteiger partial charge in [0.15, 0.2) is 0 Å². The largest absolute Gasteiger partial charge is 0.309 e. The first kappa shape index (κ1) is 15.7. The van der Waals surface area contributed by atoms with E-state index in [9.17, 15) is 0 Å². The third-order valence-electron chi connectivity index (χ3n) is 3.56. The topological polar surface area (TPSA) is 12.0 Å². The van der Waals surface area contributed by atoms with Crippen LogP contribution in [0.3, 0.4) is 0 Å². The summed E-state index contributed by atoms with van der Waals surface area (Å²) in [6.45, 7) is 7.74. The number of rotatable bonds is 6. The first-order chi connectivity index (χ1) is 9.63. The van der Waals surface area contributed by atoms with E-state index in [2.05, 4.69) is 78.4 Å². The van der Waals surface area contributed by atoms with Gasteiger partial charge in [-0.2, -0.15) is 0 Å². The summed E-state index contributed by atoms with van der Waals surface area (Å²) in [5, 5.41) is 3.72. The van der Waals surface area contributed by atoms with Crippen LogP contribution >= 0.6 is 27.3 Å². The average molecular weight is 352 g/mol. The number of halogens is 1. The van der Waals surface area contributed by atoms with Gasteiger partial charge >= 0.3 is 0 Å². The highest BCUT2D eigenvalue weighted by atomic mass is 79.9. The van der Waals surface area contributed by atoms with Gasteiger partial charge in [-0.05, 0) is 47.4 Å². The quantitative estimate of drug-likeness (QED) is 0.707. The van der Waals surface area contributed by atoms with Gasteiger partial charge in [0, 0.05) is 26.2 Å². The molecule has 3 heteroatoms. The molecule has 0 radical (unpaired) electrons. The Labute approximate surface area is 134 Å². The molecule has 108 valence electrons. The highest BCUT2D eigenvalue weighted by Gasteiger charge is 2.23. The summed E-state index contributed by atoms with van der Waals surface area (Å²) in [4.78, 5) is 2.77. The molecule has 0 fully saturated rings. The average Bonchev–Trinajstić information content (AvgIpc) is 2.79. The van der Waals surface area contributed by atoms with Crippen LogP contribution in [0, 0.1) is 6.92 Å². The van der Waals surface area contributed by atoms with Crippen molar-refractivity contribution >= 4 is 27.3 Å². The van der Waals surface area contributed by atoms with Crippen molar-refractivity contribution in [3.63, 3.8) is 0 Å². The van der Waals surface area contributed by atoms with Gasteiger partial charge < -0.3 is 5.32 Å². The normalized spacial score (nSPS) is 14.2. The second-order valence-corrected chi connectivity index (χ2v) is 7.34. The molecule has 0 amide bonds. The molecule has 1 N–H and O–H groups in total. The molecular formula is C17H22BrNS. The molecule has 2 rings (SSSR count). The van der Waals surface area contributed by atoms with Gasteiger partial charge in [-0.3, -0.25) is 0 Å². The van der Waals surface area contributed by atoms with E-state index in [0.717, 1.165) is 13.0 Å². The molecule has 1 nitrogen and oxygen atoms in total. The fraction of sp³-hybridized carbons (Fsp3) is 0.412. The van der Waals surface area contributed by atoms with E-state index in [0.29, 0.717) is 12.0 Å². The second-order valence-electron chi connectivity index (χ2n) is 5.20. The lowest BCUT2D eigenvalue weighted by Crippen LogP contribution is -2.26. The molecule has 0 spiro atoms. The first-order valence-corrected chi connectivity index (χ1v) is 8.78. The number of nitrogens with one attached hydrogen (secondary N) is 1. The minimum Gasteiger partial charge on any atom is -0.309 e. The summed E-state index contributed by atoms with van der Waals surface area (Å²) in [6.07, 6.45) is 1.15. The molecular weight excluding hydrogens is 330 g/mol. The zero-order valence-corrected chi connectivity index (χ0v) is 14.7. The molecule has 2 unspecified atom stereocenters. The van der Waals surface area contributed by atoms with Crippen LogP contribution in [0.1, 0.15) is 47.5 Å². The van der Waals surface area contributed by atoms with E-state index in [-0.39, 0.29) is 0 Å². The standard InChI is InChI=1S/C17H22BrNS/c1-4-10-19-16(17-15(18)11-12(2)20-17)13(3)14-8-6-5-7-9-14/h5-9,11,13,16,19H,4,10H2,1-3H3. The molecule has 1 aromatic carbocycles. The van der Waals surface area contributed by atoms with Crippen LogP contribution < -0.4 is 5.32 Å². The first-order valence-electron chi connectivity index (χ1n) is 7.17. The van der Waals surface area contributed by atoms with E-state index < -0.39 is 0 Å². The van der Waals surface area contributed by atoms with E-state index in [1.54, 1.807) is 0 Å². The molecule has 1 heterocycles. The van der Waals surface area contributed by atoms with E-state index in [4.69, 9.17) is 0 Å². The number of hydrogen-bond acceptors (Lipinski definition) is 2. The molecule has 0 aliphatic carbocycles. The highest BCUT2D eigenvalue weighted by Crippen LogP contribution is 2.39. The van der Waals surface area contributed by atoms with Crippen LogP contribution in [0.4, 0.5) is 0 Å². The van der Waals surface area contributed by atoms with Gasteiger partial charge in [0.05, 0.1) is 0 Å². The van der Waals surface area contributed by atoms with Crippen LogP contribution in [0.5, 0.6) is 0 Å². The summed E-state index contributed by atoms with van der Waals surface area (Å²) < 4.78 is 1.23. The minimum absolute atomic E-state index is 0.366. The van der Waals surface area contributed by atoms with Crippen molar-refractivity contribution in [1.29, 1.82) is 0 Å². The van der Waals surface area contributed by atoms with E-state index in [1.165, 1.54) is 19.8 Å². The minimum atomic E-state index is 0.366. The maximum Gasteiger partial charge on any atom is 0.0493 e. The summed E-state index contributed by atoms with van der Waals surface area (Å²) in [5.41, 5.74) is 1.39. The Balaban J connectivity index is 2.30. The van der Waals surface area contributed by atoms with Crippen LogP contribution in [-0.4, -0.2) is 6.54 Å². The van der Waals surface area contributed by atoms with E-state index in [1.807, 2.05) is 11.3 Å². The maximum absolute atomic E-state index is 3.72. The Hall–Kier alpha value is -0.640. The molecule has 1 aromatic heterocycles. The van der Waals surface area contributed by atoms with Crippen molar-refractivity contribution in [3.05, 3.63) is 56.2 Å². The van der Waals surface area contributed by atoms with Crippen molar-refractivity contribution in [3.8, 4) is 0 Å². The fourth-order valence-electron chi connectivity index (χ4n) is 2.46. The molecule has 0 aliphatic heterocycles. The Morgan fingerprint density at radius 2 is 1.95 bits per heavy atom. The van der Waals surface area contributed by atoms with Crippen LogP contribution in [-0.2, 0) is 0 Å². The number of benzene rings is 1. The summed E-state index contributed by atoms with van der Waals surface area (Å²) in [5.74, 6) is 0.456. The third kappa shape index (κ3) is 3.72. The highest BCUT2D eigenvalue weighted by molar-refractivity contribution is 9.10. The number of hydrogen-bond donors (Lipinski definition) is 1. The molecule has 0 bridgehead atoms. The maximum atomic E-state index is 3.72. The van der Waals surface area contributed by atoms with Gasteiger partial charge in [-0.15, -0.1) is 11.3 Å². The number of thiophene rings is 1. The Morgan fingerprint density at radius 1 is 1.25 bits per heavy atom. The van der Waals surface area contributed by atoms with Crippen molar-refractivity contribution in [1.82, 2.24) is 5.32 Å². The zero-order chi connectivity index (χ0) is 14.5. The Kier molecular flexibility index (Phi) is 5.82. The SMILES string of the molecule is CCCNC(c1sc(C)cc1Br)C(C)c1ccccc1. The molecule has 0 aliphatic rings. The van der Waals surface area contributed by atoms with Gasteiger partial charge in [-0.25, -0.2) is 0 Å². The predicted molar refractivity (Wildman–Crippen MR) is 92.6 cm³/mol. The van der Waals surface area contributed by atoms with Gasteiger partial charge in [0.1, 0.15) is 0 Å². The lowest BCUT2D eigenvalue weighted by Gasteiger charge is -2.25. The summed E-state index contributed by atoms with van der Waals surface area (Å²) in [7, 11) is 0. The fourth-order valence-corrected chi connectivity index (χ4v) is 4.54. The molecule has 20 heavy (non-hydrogen) atoms. The Morgan fingerprint density at radius 3 is 2.50 bits per heavy atom. The summed E-state index contributed by atoms with van der Waals surface area (Å²) >= 11 is 5.61. The van der Waals surface area contributed by atoms with Crippen LogP contribution in [0.25, 0.3) is 0 Å². The van der Waals surface area contributed by atoms with E-state index >= 15 is 0 Å². The molecule has 2 aromatic rings. The van der Waals surface area contributed by atoms with Crippen molar-refractivity contribution in [2.45, 2.75) is 39.2 Å². The van der Waals surface area contributed by atoms with Crippen molar-refractivity contribution in [2.24, 2.45) is 0 Å². The summed E-state index contributed by atoms with van der Waals surface area (Å²) in [6, 6.07) is 13.4. The Bertz CT molecular complexity index is 535. The van der Waals surface area contributed by atoms with Gasteiger partial charge in [-0.1, -0.05) is 44.2 Å². The monoisotopic (exact) mass is 351 g/mol. The zero-order valence-electron chi connectivity index (χ0n) is 12.3. The van der Waals surface area contributed by atoms with Crippen molar-refractivity contribution < 1.29 is 0 Å². The third-order valence-corrected chi connectivity index (χ3v) is 5.61. The van der Waals surface area contributed by atoms with Gasteiger partial charge in [0.25, 0.3) is 0 Å². The molecule has 2 atom stereocenters. The molecule has 0 saturated carbocycles. The second kappa shape index (κ2) is 7.39. The lowest BCUT2D eigenvalue weighted by atomic mass is 9.92. The van der Waals surface area contributed by atoms with Crippen molar-refractivity contribution in [2.75, 3.05) is 6.54 Å². The van der Waals surface area contributed by atoms with Crippen LogP contribution in [0.15, 0.2) is 40.9 Å². The smallest absolute Gasteiger partial charge is 0.0493 e. The predicted octanol–water partition coefficient (Wildman–Crippen LogP) is 5.66. The number of aryl methyl sites for hydroxylation is 1. The molecule has 0 saturated heterocycles.